The van der Waals surface area contributed by atoms with Crippen LogP contribution in [0.5, 0.6) is 5.75 Å². The fourth-order valence-electron chi connectivity index (χ4n) is 1.33. The van der Waals surface area contributed by atoms with Gasteiger partial charge in [-0.05, 0) is 39.3 Å². The number of hydrazone groups is 1. The summed E-state index contributed by atoms with van der Waals surface area (Å²) in [5.74, 6) is 0.784. The van der Waals surface area contributed by atoms with Crippen molar-refractivity contribution in [3.05, 3.63) is 24.0 Å². The van der Waals surface area contributed by atoms with Gasteiger partial charge in [0.2, 0.25) is 0 Å². The maximum absolute atomic E-state index is 5.68. The second-order valence-electron chi connectivity index (χ2n) is 5.04. The van der Waals surface area contributed by atoms with Crippen LogP contribution in [0.1, 0.15) is 12.6 Å². The average molecular weight is 309 g/mol. The number of nitrogens with zero attached hydrogens (tertiary/aromatic N) is 4. The van der Waals surface area contributed by atoms with Gasteiger partial charge < -0.3 is 14.5 Å². The molecule has 0 unspecified atom stereocenters. The van der Waals surface area contributed by atoms with E-state index in [-0.39, 0.29) is 0 Å². The smallest absolute Gasteiger partial charge is 0.189 e. The molecule has 0 fully saturated rings. The van der Waals surface area contributed by atoms with Gasteiger partial charge in [-0.15, -0.1) is 0 Å². The molecule has 1 heterocycles. The van der Waals surface area contributed by atoms with Gasteiger partial charge in [0.25, 0.3) is 0 Å². The molecule has 1 aromatic heterocycles. The van der Waals surface area contributed by atoms with Gasteiger partial charge in [-0.1, -0.05) is 0 Å². The molecule has 1 N–H and O–H groups in total. The van der Waals surface area contributed by atoms with E-state index in [9.17, 15) is 0 Å². The summed E-state index contributed by atoms with van der Waals surface area (Å²) in [6, 6.07) is 3.71. The van der Waals surface area contributed by atoms with Crippen LogP contribution < -0.4 is 10.2 Å². The zero-order valence-corrected chi connectivity index (χ0v) is 14.1. The first kappa shape index (κ1) is 17.3. The van der Waals surface area contributed by atoms with Crippen LogP contribution in [0, 0.1) is 0 Å². The minimum Gasteiger partial charge on any atom is -0.492 e. The van der Waals surface area contributed by atoms with Crippen LogP contribution in [0.4, 0.5) is 0 Å². The predicted octanol–water partition coefficient (Wildman–Crippen LogP) is 1.18. The van der Waals surface area contributed by atoms with E-state index in [1.165, 1.54) is 0 Å². The number of aromatic nitrogens is 1. The van der Waals surface area contributed by atoms with Crippen LogP contribution >= 0.6 is 12.2 Å². The summed E-state index contributed by atoms with van der Waals surface area (Å²) in [6.07, 6.45) is 1.71. The summed E-state index contributed by atoms with van der Waals surface area (Å²) in [6.45, 7) is 3.37. The predicted molar refractivity (Wildman–Crippen MR) is 89.9 cm³/mol. The normalized spacial score (nSPS) is 11.4. The Morgan fingerprint density at radius 2 is 2.10 bits per heavy atom. The highest BCUT2D eigenvalue weighted by Gasteiger charge is 2.03. The molecule has 0 saturated heterocycles. The molecule has 0 aliphatic heterocycles. The third-order valence-electron chi connectivity index (χ3n) is 2.63. The number of hydrogen-bond donors (Lipinski definition) is 1. The first-order valence-electron chi connectivity index (χ1n) is 6.65. The highest BCUT2D eigenvalue weighted by Crippen LogP contribution is 2.11. The number of pyridine rings is 1. The maximum atomic E-state index is 5.68. The number of ether oxygens (including phenoxy) is 1. The van der Waals surface area contributed by atoms with Gasteiger partial charge in [-0.2, -0.15) is 5.10 Å². The zero-order valence-electron chi connectivity index (χ0n) is 13.3. The van der Waals surface area contributed by atoms with Crippen LogP contribution in [0.25, 0.3) is 0 Å². The Bertz CT molecular complexity index is 502. The molecule has 0 atom stereocenters. The number of thiocarbonyl (C=S) groups is 1. The SMILES string of the molecule is CC(=NNC(=S)N(C)C)c1cc(OCCN(C)C)ccn1. The van der Waals surface area contributed by atoms with Crippen molar-refractivity contribution in [3.63, 3.8) is 0 Å². The molecule has 0 aliphatic rings. The van der Waals surface area contributed by atoms with Crippen LogP contribution in [0.2, 0.25) is 0 Å². The standard InChI is InChI=1S/C14H23N5OS/c1-11(16-17-14(21)19(4)5)13-10-12(6-7-15-13)20-9-8-18(2)3/h6-7,10H,8-9H2,1-5H3,(H,17,21). The summed E-state index contributed by atoms with van der Waals surface area (Å²) >= 11 is 5.11. The second-order valence-corrected chi connectivity index (χ2v) is 5.42. The molecular weight excluding hydrogens is 286 g/mol. The van der Waals surface area contributed by atoms with Crippen LogP contribution in [0.15, 0.2) is 23.4 Å². The summed E-state index contributed by atoms with van der Waals surface area (Å²) in [5.41, 5.74) is 4.32. The van der Waals surface area contributed by atoms with Gasteiger partial charge in [0.05, 0.1) is 11.4 Å². The number of rotatable bonds is 6. The maximum Gasteiger partial charge on any atom is 0.189 e. The first-order chi connectivity index (χ1) is 9.90. The Morgan fingerprint density at radius 1 is 1.38 bits per heavy atom. The summed E-state index contributed by atoms with van der Waals surface area (Å²) < 4.78 is 5.68. The summed E-state index contributed by atoms with van der Waals surface area (Å²) in [4.78, 5) is 8.14. The second kappa shape index (κ2) is 8.53. The Balaban J connectivity index is 2.66. The van der Waals surface area contributed by atoms with Crippen molar-refractivity contribution in [2.24, 2.45) is 5.10 Å². The van der Waals surface area contributed by atoms with Gasteiger partial charge in [-0.25, -0.2) is 0 Å². The highest BCUT2D eigenvalue weighted by atomic mass is 32.1. The Morgan fingerprint density at radius 3 is 2.71 bits per heavy atom. The van der Waals surface area contributed by atoms with E-state index in [1.807, 2.05) is 47.2 Å². The van der Waals surface area contributed by atoms with Crippen molar-refractivity contribution in [1.82, 2.24) is 20.2 Å². The minimum absolute atomic E-state index is 0.549. The van der Waals surface area contributed by atoms with Gasteiger partial charge in [0.1, 0.15) is 12.4 Å². The molecule has 6 nitrogen and oxygen atoms in total. The largest absolute Gasteiger partial charge is 0.492 e. The molecule has 116 valence electrons. The van der Waals surface area contributed by atoms with Gasteiger partial charge in [0, 0.05) is 32.9 Å². The lowest BCUT2D eigenvalue weighted by Crippen LogP contribution is -2.31. The lowest BCUT2D eigenvalue weighted by atomic mass is 10.2. The number of nitrogens with one attached hydrogen (secondary N) is 1. The van der Waals surface area contributed by atoms with E-state index in [2.05, 4.69) is 20.4 Å². The van der Waals surface area contributed by atoms with Crippen LogP contribution in [0.3, 0.4) is 0 Å². The number of hydrogen-bond acceptors (Lipinski definition) is 5. The summed E-state index contributed by atoms with van der Waals surface area (Å²) in [5, 5.41) is 4.77. The molecule has 21 heavy (non-hydrogen) atoms. The minimum atomic E-state index is 0.549. The van der Waals surface area contributed by atoms with Gasteiger partial charge in [0.15, 0.2) is 5.11 Å². The van der Waals surface area contributed by atoms with Crippen molar-refractivity contribution >= 4 is 23.0 Å². The third-order valence-corrected chi connectivity index (χ3v) is 3.09. The average Bonchev–Trinajstić information content (AvgIpc) is 2.44. The molecule has 1 rings (SSSR count). The molecule has 0 spiro atoms. The van der Waals surface area contributed by atoms with E-state index in [0.29, 0.717) is 11.7 Å². The Kier molecular flexibility index (Phi) is 7.04. The molecular formula is C14H23N5OS. The Labute approximate surface area is 131 Å². The third kappa shape index (κ3) is 6.50. The molecule has 0 radical (unpaired) electrons. The van der Waals surface area contributed by atoms with Crippen molar-refractivity contribution in [2.75, 3.05) is 41.3 Å². The zero-order chi connectivity index (χ0) is 15.8. The van der Waals surface area contributed by atoms with E-state index in [0.717, 1.165) is 23.7 Å². The van der Waals surface area contributed by atoms with Crippen molar-refractivity contribution in [2.45, 2.75) is 6.92 Å². The van der Waals surface area contributed by atoms with Crippen molar-refractivity contribution in [3.8, 4) is 5.75 Å². The molecule has 0 aromatic carbocycles. The monoisotopic (exact) mass is 309 g/mol. The molecule has 1 aromatic rings. The van der Waals surface area contributed by atoms with Crippen molar-refractivity contribution < 1.29 is 4.74 Å². The molecule has 0 aliphatic carbocycles. The van der Waals surface area contributed by atoms with Crippen LogP contribution in [-0.2, 0) is 0 Å². The first-order valence-corrected chi connectivity index (χ1v) is 7.06. The Hall–Kier alpha value is -1.73. The molecule has 0 saturated carbocycles. The highest BCUT2D eigenvalue weighted by molar-refractivity contribution is 7.80. The van der Waals surface area contributed by atoms with Gasteiger partial charge in [-0.3, -0.25) is 10.4 Å². The van der Waals surface area contributed by atoms with E-state index in [4.69, 9.17) is 17.0 Å². The molecule has 0 amide bonds. The summed E-state index contributed by atoms with van der Waals surface area (Å²) in [7, 11) is 7.74. The quantitative estimate of drug-likeness (QED) is 0.484. The lowest BCUT2D eigenvalue weighted by molar-refractivity contribution is 0.261. The lowest BCUT2D eigenvalue weighted by Gasteiger charge is -2.13. The van der Waals surface area contributed by atoms with Crippen LogP contribution in [-0.4, -0.2) is 67.0 Å². The fourth-order valence-corrected chi connectivity index (χ4v) is 1.38. The van der Waals surface area contributed by atoms with E-state index >= 15 is 0 Å². The number of likely N-dealkylation sites (N-methyl/N-ethyl adjacent to an activating group) is 1. The molecule has 7 heteroatoms. The van der Waals surface area contributed by atoms with E-state index in [1.54, 1.807) is 11.1 Å². The topological polar surface area (TPSA) is 53.0 Å². The van der Waals surface area contributed by atoms with E-state index < -0.39 is 0 Å². The van der Waals surface area contributed by atoms with Crippen molar-refractivity contribution in [1.29, 1.82) is 0 Å². The molecule has 0 bridgehead atoms. The fraction of sp³-hybridized carbons (Fsp3) is 0.500. The van der Waals surface area contributed by atoms with Gasteiger partial charge >= 0.3 is 0 Å².